The van der Waals surface area contributed by atoms with Crippen molar-refractivity contribution < 1.29 is 18.0 Å². The van der Waals surface area contributed by atoms with Gasteiger partial charge >= 0.3 is 6.30 Å². The molecule has 0 saturated heterocycles. The van der Waals surface area contributed by atoms with Crippen molar-refractivity contribution >= 4 is 17.3 Å². The summed E-state index contributed by atoms with van der Waals surface area (Å²) in [6, 6.07) is 7.15. The Hall–Kier alpha value is -4.00. The van der Waals surface area contributed by atoms with E-state index in [0.29, 0.717) is 40.2 Å². The summed E-state index contributed by atoms with van der Waals surface area (Å²) < 4.78 is 38.5. The second-order valence-corrected chi connectivity index (χ2v) is 7.01. The van der Waals surface area contributed by atoms with Crippen LogP contribution in [0.5, 0.6) is 0 Å². The Balaban J connectivity index is 1.61. The third kappa shape index (κ3) is 3.66. The molecule has 0 fully saturated rings. The van der Waals surface area contributed by atoms with Crippen LogP contribution in [0.15, 0.2) is 41.8 Å². The summed E-state index contributed by atoms with van der Waals surface area (Å²) in [5.74, 6) is -0.452. The highest BCUT2D eigenvalue weighted by atomic mass is 19.4. The predicted molar refractivity (Wildman–Crippen MR) is 106 cm³/mol. The van der Waals surface area contributed by atoms with Gasteiger partial charge in [0.2, 0.25) is 0 Å². The van der Waals surface area contributed by atoms with Gasteiger partial charge in [0.1, 0.15) is 11.8 Å². The van der Waals surface area contributed by atoms with E-state index in [0.717, 1.165) is 18.0 Å². The molecular weight excluding hydrogens is 409 g/mol. The lowest BCUT2D eigenvalue weighted by Crippen LogP contribution is -2.17. The highest BCUT2D eigenvalue weighted by Crippen LogP contribution is 2.28. The first-order valence-corrected chi connectivity index (χ1v) is 9.16. The first-order valence-electron chi connectivity index (χ1n) is 9.16. The van der Waals surface area contributed by atoms with Crippen LogP contribution in [0.1, 0.15) is 43.9 Å². The van der Waals surface area contributed by atoms with Crippen molar-refractivity contribution in [3.05, 3.63) is 75.9 Å². The number of pyridine rings is 1. The third-order valence-electron chi connectivity index (χ3n) is 5.13. The number of hydrogen-bond acceptors (Lipinski definition) is 5. The van der Waals surface area contributed by atoms with Crippen LogP contribution in [0.3, 0.4) is 0 Å². The second-order valence-electron chi connectivity index (χ2n) is 7.01. The van der Waals surface area contributed by atoms with Gasteiger partial charge in [0.05, 0.1) is 24.0 Å². The largest absolute Gasteiger partial charge is 0.504 e. The predicted octanol–water partition coefficient (Wildman–Crippen LogP) is 3.85. The normalized spacial score (nSPS) is 12.8. The Labute approximate surface area is 174 Å². The molecule has 0 radical (unpaired) electrons. The summed E-state index contributed by atoms with van der Waals surface area (Å²) in [4.78, 5) is 21.2. The van der Waals surface area contributed by atoms with Crippen molar-refractivity contribution in [1.82, 2.24) is 14.8 Å². The lowest BCUT2D eigenvalue weighted by molar-refractivity contribution is -0.212. The van der Waals surface area contributed by atoms with Gasteiger partial charge in [-0.15, -0.1) is 13.2 Å². The van der Waals surface area contributed by atoms with E-state index in [1.54, 1.807) is 32.0 Å². The number of rotatable bonds is 3. The number of hydrogen-bond donors (Lipinski definition) is 1. The molecule has 4 rings (SSSR count). The zero-order valence-electron chi connectivity index (χ0n) is 16.4. The van der Waals surface area contributed by atoms with E-state index in [1.165, 1.54) is 6.20 Å². The van der Waals surface area contributed by atoms with Crippen molar-refractivity contribution in [2.45, 2.75) is 26.7 Å². The molecule has 3 heterocycles. The standard InChI is InChI=1S/C21H15F3N6O/c1-11-12(2)18(26-8-14(11)6-25)20(31)29-16-4-3-13-7-27-19(17(13)5-16)15-9-28-30(10-15)21(22,23)24/h3-5,8-10H,7H2,1-2H3,(H,29,31). The average Bonchev–Trinajstić information content (AvgIpc) is 3.36. The first kappa shape index (κ1) is 20.3. The van der Waals surface area contributed by atoms with Crippen LogP contribution in [-0.4, -0.2) is 26.4 Å². The number of anilines is 1. The summed E-state index contributed by atoms with van der Waals surface area (Å²) in [7, 11) is 0. The van der Waals surface area contributed by atoms with Gasteiger partial charge in [0.25, 0.3) is 5.91 Å². The number of nitrogens with one attached hydrogen (secondary N) is 1. The Morgan fingerprint density at radius 2 is 2.00 bits per heavy atom. The molecule has 0 bridgehead atoms. The van der Waals surface area contributed by atoms with E-state index >= 15 is 0 Å². The maximum Gasteiger partial charge on any atom is 0.504 e. The minimum absolute atomic E-state index is 0.0733. The molecule has 1 aliphatic rings. The van der Waals surface area contributed by atoms with Crippen LogP contribution in [0.2, 0.25) is 0 Å². The molecule has 0 atom stereocenters. The summed E-state index contributed by atoms with van der Waals surface area (Å²) in [5.41, 5.74) is 4.38. The van der Waals surface area contributed by atoms with Gasteiger partial charge in [0.15, 0.2) is 0 Å². The van der Waals surface area contributed by atoms with Crippen molar-refractivity contribution in [2.75, 3.05) is 5.32 Å². The number of nitrogens with zero attached hydrogens (tertiary/aromatic N) is 5. The molecule has 10 heteroatoms. The number of fused-ring (bicyclic) bond motifs is 1. The number of halogens is 3. The fourth-order valence-electron chi connectivity index (χ4n) is 3.33. The summed E-state index contributed by atoms with van der Waals surface area (Å²) >= 11 is 0. The second kappa shape index (κ2) is 7.36. The van der Waals surface area contributed by atoms with Gasteiger partial charge in [-0.3, -0.25) is 9.79 Å². The molecule has 2 aromatic heterocycles. The monoisotopic (exact) mass is 424 g/mol. The fraction of sp³-hybridized carbons (Fsp3) is 0.190. The summed E-state index contributed by atoms with van der Waals surface area (Å²) in [5, 5.41) is 15.2. The number of carbonyl (C=O) groups excluding carboxylic acids is 1. The fourth-order valence-corrected chi connectivity index (χ4v) is 3.33. The molecular formula is C21H15F3N6O. The van der Waals surface area contributed by atoms with Crippen molar-refractivity contribution in [1.29, 1.82) is 5.26 Å². The van der Waals surface area contributed by atoms with Crippen molar-refractivity contribution in [3.8, 4) is 6.07 Å². The Kier molecular flexibility index (Phi) is 4.81. The van der Waals surface area contributed by atoms with Crippen molar-refractivity contribution in [3.63, 3.8) is 0 Å². The Bertz CT molecular complexity index is 1280. The Morgan fingerprint density at radius 3 is 2.68 bits per heavy atom. The number of alkyl halides is 3. The van der Waals surface area contributed by atoms with E-state index < -0.39 is 12.2 Å². The van der Waals surface area contributed by atoms with E-state index in [-0.39, 0.29) is 15.9 Å². The SMILES string of the molecule is Cc1c(C#N)cnc(C(=O)Nc2ccc3c(c2)C(c2cnn(C(F)(F)F)c2)=NC3)c1C. The van der Waals surface area contributed by atoms with Gasteiger partial charge < -0.3 is 5.32 Å². The first-order chi connectivity index (χ1) is 14.7. The molecule has 0 unspecified atom stereocenters. The number of carbonyl (C=O) groups is 1. The smallest absolute Gasteiger partial charge is 0.321 e. The van der Waals surface area contributed by atoms with Crippen LogP contribution in [0, 0.1) is 25.2 Å². The summed E-state index contributed by atoms with van der Waals surface area (Å²) in [6.07, 6.45) is -1.27. The molecule has 156 valence electrons. The van der Waals surface area contributed by atoms with E-state index in [2.05, 4.69) is 20.4 Å². The van der Waals surface area contributed by atoms with Crippen LogP contribution < -0.4 is 5.32 Å². The lowest BCUT2D eigenvalue weighted by Gasteiger charge is -2.11. The minimum Gasteiger partial charge on any atom is -0.321 e. The number of aliphatic imine (C=N–C) groups is 1. The molecule has 31 heavy (non-hydrogen) atoms. The van der Waals surface area contributed by atoms with Crippen LogP contribution in [-0.2, 0) is 12.8 Å². The average molecular weight is 424 g/mol. The van der Waals surface area contributed by atoms with Gasteiger partial charge in [-0.05, 0) is 42.7 Å². The molecule has 1 aromatic carbocycles. The highest BCUT2D eigenvalue weighted by Gasteiger charge is 2.32. The molecule has 7 nitrogen and oxygen atoms in total. The number of nitriles is 1. The number of amides is 1. The van der Waals surface area contributed by atoms with E-state index in [4.69, 9.17) is 5.26 Å². The number of aromatic nitrogens is 3. The molecule has 0 aliphatic carbocycles. The minimum atomic E-state index is -4.61. The molecule has 1 amide bonds. The van der Waals surface area contributed by atoms with Crippen LogP contribution in [0.4, 0.5) is 18.9 Å². The quantitative estimate of drug-likeness (QED) is 0.691. The van der Waals surface area contributed by atoms with Crippen molar-refractivity contribution in [2.24, 2.45) is 4.99 Å². The molecule has 1 aliphatic heterocycles. The van der Waals surface area contributed by atoms with Gasteiger partial charge in [0, 0.05) is 29.2 Å². The maximum atomic E-state index is 12.9. The highest BCUT2D eigenvalue weighted by molar-refractivity contribution is 6.15. The van der Waals surface area contributed by atoms with Crippen LogP contribution >= 0.6 is 0 Å². The van der Waals surface area contributed by atoms with E-state index in [9.17, 15) is 18.0 Å². The lowest BCUT2D eigenvalue weighted by atomic mass is 10.0. The number of benzene rings is 1. The molecule has 1 N–H and O–H groups in total. The topological polar surface area (TPSA) is 96.0 Å². The molecule has 3 aromatic rings. The Morgan fingerprint density at radius 1 is 1.23 bits per heavy atom. The summed E-state index contributed by atoms with van der Waals surface area (Å²) in [6.45, 7) is 3.78. The third-order valence-corrected chi connectivity index (χ3v) is 5.13. The zero-order valence-corrected chi connectivity index (χ0v) is 16.4. The van der Waals surface area contributed by atoms with Gasteiger partial charge in [-0.25, -0.2) is 4.98 Å². The van der Waals surface area contributed by atoms with E-state index in [1.807, 2.05) is 6.07 Å². The van der Waals surface area contributed by atoms with Gasteiger partial charge in [-0.1, -0.05) is 6.07 Å². The van der Waals surface area contributed by atoms with Gasteiger partial charge in [-0.2, -0.15) is 15.0 Å². The molecule has 0 saturated carbocycles. The zero-order chi connectivity index (χ0) is 22.3. The maximum absolute atomic E-state index is 12.9. The van der Waals surface area contributed by atoms with Crippen LogP contribution in [0.25, 0.3) is 0 Å². The molecule has 0 spiro atoms.